The van der Waals surface area contributed by atoms with Crippen LogP contribution in [-0.2, 0) is 12.4 Å². The number of rotatable bonds is 5. The van der Waals surface area contributed by atoms with E-state index in [1.54, 1.807) is 0 Å². The Labute approximate surface area is 199 Å². The Kier molecular flexibility index (Phi) is 7.42. The van der Waals surface area contributed by atoms with E-state index in [9.17, 15) is 26.3 Å². The summed E-state index contributed by atoms with van der Waals surface area (Å²) in [5.41, 5.74) is -0.188. The van der Waals surface area contributed by atoms with Crippen molar-refractivity contribution in [3.05, 3.63) is 83.4 Å². The molecule has 0 atom stereocenters. The Morgan fingerprint density at radius 2 is 1.34 bits per heavy atom. The Bertz CT molecular complexity index is 1130. The number of hydrogen-bond acceptors (Lipinski definition) is 2. The van der Waals surface area contributed by atoms with Crippen molar-refractivity contribution in [1.82, 2.24) is 10.6 Å². The second kappa shape index (κ2) is 9.97. The van der Waals surface area contributed by atoms with Gasteiger partial charge in [-0.1, -0.05) is 50.8 Å². The molecule has 1 fully saturated rings. The molecule has 1 aliphatic heterocycles. The van der Waals surface area contributed by atoms with Gasteiger partial charge in [-0.15, -0.1) is 10.2 Å². The number of nitrogens with one attached hydrogen (secondary N) is 2. The predicted molar refractivity (Wildman–Crippen MR) is 126 cm³/mol. The predicted octanol–water partition coefficient (Wildman–Crippen LogP) is 6.38. The zero-order chi connectivity index (χ0) is 25.9. The Morgan fingerprint density at radius 3 is 1.83 bits per heavy atom. The number of guanidine groups is 1. The Hall–Kier alpha value is -3.56. The van der Waals surface area contributed by atoms with Crippen LogP contribution in [0.3, 0.4) is 0 Å². The summed E-state index contributed by atoms with van der Waals surface area (Å²) in [5.74, 6) is 0.421. The van der Waals surface area contributed by atoms with Gasteiger partial charge in [0.2, 0.25) is 5.96 Å². The summed E-state index contributed by atoms with van der Waals surface area (Å²) in [6, 6.07) is 8.95. The Morgan fingerprint density at radius 1 is 0.857 bits per heavy atom. The van der Waals surface area contributed by atoms with Crippen molar-refractivity contribution in [3.63, 3.8) is 0 Å². The number of alkyl halides is 6. The van der Waals surface area contributed by atoms with Crippen LogP contribution in [0.25, 0.3) is 11.6 Å². The zero-order valence-corrected chi connectivity index (χ0v) is 19.1. The average molecular weight is 494 g/mol. The molecule has 0 amide bonds. The fourth-order valence-corrected chi connectivity index (χ4v) is 3.11. The summed E-state index contributed by atoms with van der Waals surface area (Å²) in [4.78, 5) is 0. The van der Waals surface area contributed by atoms with Crippen LogP contribution in [0.15, 0.2) is 71.4 Å². The molecule has 0 radical (unpaired) electrons. The molecule has 186 valence electrons. The molecule has 1 heterocycles. The first-order valence-electron chi connectivity index (χ1n) is 10.6. The van der Waals surface area contributed by atoms with Gasteiger partial charge in [0.25, 0.3) is 0 Å². The number of allylic oxidation sites excluding steroid dienone is 2. The molecular weight excluding hydrogens is 470 g/mol. The SMILES string of the molecule is C=C(C(C=Cc1ccc(C(F)(F)F)cc1)=NN=C1NCC(C)(C)CN1)c1ccc(C(F)(F)F)cc1. The largest absolute Gasteiger partial charge is 0.416 e. The molecular formula is C25H24F6N4. The quantitative estimate of drug-likeness (QED) is 0.288. The summed E-state index contributed by atoms with van der Waals surface area (Å²) < 4.78 is 77.2. The van der Waals surface area contributed by atoms with Gasteiger partial charge in [0.05, 0.1) is 16.8 Å². The van der Waals surface area contributed by atoms with E-state index in [-0.39, 0.29) is 11.1 Å². The highest BCUT2D eigenvalue weighted by Gasteiger charge is 2.31. The van der Waals surface area contributed by atoms with E-state index in [2.05, 4.69) is 41.3 Å². The topological polar surface area (TPSA) is 48.8 Å². The highest BCUT2D eigenvalue weighted by atomic mass is 19.4. The second-order valence-corrected chi connectivity index (χ2v) is 8.81. The number of hydrogen-bond donors (Lipinski definition) is 2. The fraction of sp³-hybridized carbons (Fsp3) is 0.280. The summed E-state index contributed by atoms with van der Waals surface area (Å²) in [6.45, 7) is 9.39. The molecule has 1 saturated heterocycles. The molecule has 0 unspecified atom stereocenters. The van der Waals surface area contributed by atoms with E-state index < -0.39 is 23.5 Å². The molecule has 0 aliphatic carbocycles. The van der Waals surface area contributed by atoms with E-state index in [1.165, 1.54) is 36.4 Å². The minimum Gasteiger partial charge on any atom is -0.354 e. The normalized spacial score (nSPS) is 16.6. The van der Waals surface area contributed by atoms with Gasteiger partial charge in [0.15, 0.2) is 0 Å². The van der Waals surface area contributed by atoms with E-state index in [0.29, 0.717) is 35.7 Å². The lowest BCUT2D eigenvalue weighted by Crippen LogP contribution is -2.53. The van der Waals surface area contributed by atoms with Gasteiger partial charge in [-0.25, -0.2) is 0 Å². The van der Waals surface area contributed by atoms with E-state index in [0.717, 1.165) is 24.3 Å². The molecule has 2 aromatic carbocycles. The maximum absolute atomic E-state index is 12.9. The van der Waals surface area contributed by atoms with Crippen molar-refractivity contribution in [2.45, 2.75) is 26.2 Å². The van der Waals surface area contributed by atoms with Gasteiger partial charge < -0.3 is 10.6 Å². The van der Waals surface area contributed by atoms with Crippen molar-refractivity contribution in [2.75, 3.05) is 13.1 Å². The molecule has 1 aliphatic rings. The smallest absolute Gasteiger partial charge is 0.354 e. The number of benzene rings is 2. The van der Waals surface area contributed by atoms with Crippen LogP contribution in [0.2, 0.25) is 0 Å². The van der Waals surface area contributed by atoms with Crippen LogP contribution in [0.5, 0.6) is 0 Å². The third kappa shape index (κ3) is 7.21. The van der Waals surface area contributed by atoms with Crippen LogP contribution >= 0.6 is 0 Å². The molecule has 0 saturated carbocycles. The number of halogens is 6. The molecule has 0 aromatic heterocycles. The summed E-state index contributed by atoms with van der Waals surface area (Å²) in [7, 11) is 0. The minimum atomic E-state index is -4.47. The minimum absolute atomic E-state index is 0.0118. The van der Waals surface area contributed by atoms with E-state index >= 15 is 0 Å². The van der Waals surface area contributed by atoms with Crippen LogP contribution in [0.4, 0.5) is 26.3 Å². The lowest BCUT2D eigenvalue weighted by atomic mass is 9.92. The molecule has 2 aromatic rings. The van der Waals surface area contributed by atoms with Crippen molar-refractivity contribution in [1.29, 1.82) is 0 Å². The molecule has 3 rings (SSSR count). The maximum Gasteiger partial charge on any atom is 0.416 e. The summed E-state index contributed by atoms with van der Waals surface area (Å²) >= 11 is 0. The summed E-state index contributed by atoms with van der Waals surface area (Å²) in [6.07, 6.45) is -5.90. The standard InChI is InChI=1S/C25H24F6N4/c1-16(18-7-11-20(12-8-18)25(29,30)31)21(34-35-22-32-14-23(2,3)15-33-22)13-6-17-4-9-19(10-5-17)24(26,27)28/h4-13H,1,14-15H2,2-3H3,(H2,32,33,35). The van der Waals surface area contributed by atoms with Gasteiger partial charge >= 0.3 is 12.4 Å². The monoisotopic (exact) mass is 494 g/mol. The van der Waals surface area contributed by atoms with Gasteiger partial charge in [-0.3, -0.25) is 0 Å². The molecule has 0 spiro atoms. The van der Waals surface area contributed by atoms with Gasteiger partial charge in [-0.2, -0.15) is 26.3 Å². The zero-order valence-electron chi connectivity index (χ0n) is 19.1. The van der Waals surface area contributed by atoms with Crippen LogP contribution in [-0.4, -0.2) is 24.8 Å². The average Bonchev–Trinajstić information content (AvgIpc) is 2.79. The third-order valence-corrected chi connectivity index (χ3v) is 5.27. The van der Waals surface area contributed by atoms with Gasteiger partial charge in [0, 0.05) is 18.7 Å². The highest BCUT2D eigenvalue weighted by molar-refractivity contribution is 6.29. The van der Waals surface area contributed by atoms with Crippen LogP contribution < -0.4 is 10.6 Å². The van der Waals surface area contributed by atoms with Crippen molar-refractivity contribution in [2.24, 2.45) is 15.6 Å². The number of nitrogens with zero attached hydrogens (tertiary/aromatic N) is 2. The van der Waals surface area contributed by atoms with Crippen LogP contribution in [0.1, 0.15) is 36.1 Å². The lowest BCUT2D eigenvalue weighted by Gasteiger charge is -2.31. The van der Waals surface area contributed by atoms with E-state index in [4.69, 9.17) is 0 Å². The fourth-order valence-electron chi connectivity index (χ4n) is 3.11. The van der Waals surface area contributed by atoms with Crippen molar-refractivity contribution >= 4 is 23.3 Å². The molecule has 0 bridgehead atoms. The van der Waals surface area contributed by atoms with Crippen molar-refractivity contribution in [3.8, 4) is 0 Å². The van der Waals surface area contributed by atoms with Crippen LogP contribution in [0, 0.1) is 5.41 Å². The van der Waals surface area contributed by atoms with E-state index in [1.807, 2.05) is 0 Å². The Balaban J connectivity index is 1.89. The lowest BCUT2D eigenvalue weighted by molar-refractivity contribution is -0.138. The molecule has 10 heteroatoms. The molecule has 2 N–H and O–H groups in total. The van der Waals surface area contributed by atoms with Gasteiger partial charge in [0.1, 0.15) is 0 Å². The molecule has 35 heavy (non-hydrogen) atoms. The first-order chi connectivity index (χ1) is 16.2. The second-order valence-electron chi connectivity index (χ2n) is 8.81. The first kappa shape index (κ1) is 26.1. The molecule has 4 nitrogen and oxygen atoms in total. The third-order valence-electron chi connectivity index (χ3n) is 5.27. The highest BCUT2D eigenvalue weighted by Crippen LogP contribution is 2.31. The van der Waals surface area contributed by atoms with Gasteiger partial charge in [-0.05, 0) is 46.9 Å². The maximum atomic E-state index is 12.9. The van der Waals surface area contributed by atoms with Crippen molar-refractivity contribution < 1.29 is 26.3 Å². The summed E-state index contributed by atoms with van der Waals surface area (Å²) in [5, 5.41) is 14.6. The first-order valence-corrected chi connectivity index (χ1v) is 10.6.